The van der Waals surface area contributed by atoms with Crippen molar-refractivity contribution in [2.45, 2.75) is 13.3 Å². The van der Waals surface area contributed by atoms with Crippen LogP contribution in [0.3, 0.4) is 0 Å². The second kappa shape index (κ2) is 8.56. The smallest absolute Gasteiger partial charge is 0.127 e. The summed E-state index contributed by atoms with van der Waals surface area (Å²) >= 11 is 0. The maximum Gasteiger partial charge on any atom is 0.127 e. The van der Waals surface area contributed by atoms with Gasteiger partial charge >= 0.3 is 0 Å². The highest BCUT2D eigenvalue weighted by Gasteiger charge is 2.00. The lowest BCUT2D eigenvalue weighted by molar-refractivity contribution is 0.121. The summed E-state index contributed by atoms with van der Waals surface area (Å²) in [5.74, 6) is 0.954. The molecule has 0 saturated carbocycles. The van der Waals surface area contributed by atoms with Gasteiger partial charge in [0.1, 0.15) is 5.75 Å². The zero-order valence-electron chi connectivity index (χ0n) is 12.1. The zero-order valence-corrected chi connectivity index (χ0v) is 12.1. The Morgan fingerprint density at radius 3 is 2.70 bits per heavy atom. The Bertz CT molecular complexity index is 508. The van der Waals surface area contributed by atoms with Crippen LogP contribution in [0.1, 0.15) is 13.3 Å². The zero-order chi connectivity index (χ0) is 14.0. The minimum Gasteiger partial charge on any atom is -0.493 e. The molecule has 0 aliphatic heterocycles. The monoisotopic (exact) mass is 273 g/mol. The molecule has 0 saturated heterocycles. The van der Waals surface area contributed by atoms with Crippen molar-refractivity contribution >= 4 is 10.8 Å². The van der Waals surface area contributed by atoms with Gasteiger partial charge in [-0.3, -0.25) is 0 Å². The Morgan fingerprint density at radius 1 is 0.950 bits per heavy atom. The van der Waals surface area contributed by atoms with E-state index in [-0.39, 0.29) is 0 Å². The molecule has 0 bridgehead atoms. The van der Waals surface area contributed by atoms with Crippen LogP contribution in [0.4, 0.5) is 0 Å². The van der Waals surface area contributed by atoms with Gasteiger partial charge in [-0.15, -0.1) is 0 Å². The lowest BCUT2D eigenvalue weighted by Gasteiger charge is -2.09. The van der Waals surface area contributed by atoms with Crippen LogP contribution in [0, 0.1) is 0 Å². The van der Waals surface area contributed by atoms with Crippen molar-refractivity contribution in [2.24, 2.45) is 0 Å². The minimum absolute atomic E-state index is 0.690. The van der Waals surface area contributed by atoms with Crippen LogP contribution < -0.4 is 10.1 Å². The van der Waals surface area contributed by atoms with E-state index in [1.807, 2.05) is 24.3 Å². The molecular formula is C17H23NO2. The predicted molar refractivity (Wildman–Crippen MR) is 83.4 cm³/mol. The fraction of sp³-hybridized carbons (Fsp3) is 0.412. The lowest BCUT2D eigenvalue weighted by atomic mass is 10.1. The van der Waals surface area contributed by atoms with Crippen LogP contribution in [-0.4, -0.2) is 32.9 Å². The summed E-state index contributed by atoms with van der Waals surface area (Å²) in [7, 11) is 0. The molecule has 0 atom stereocenters. The normalized spacial score (nSPS) is 10.8. The number of likely N-dealkylation sites (N-methyl/N-ethyl adjacent to an activating group) is 1. The highest BCUT2D eigenvalue weighted by atomic mass is 16.5. The van der Waals surface area contributed by atoms with E-state index in [1.165, 1.54) is 10.8 Å². The average molecular weight is 273 g/mol. The minimum atomic E-state index is 0.690. The van der Waals surface area contributed by atoms with Crippen molar-refractivity contribution in [3.05, 3.63) is 42.5 Å². The third-order valence-corrected chi connectivity index (χ3v) is 3.11. The van der Waals surface area contributed by atoms with Gasteiger partial charge in [-0.25, -0.2) is 0 Å². The van der Waals surface area contributed by atoms with Gasteiger partial charge in [0.25, 0.3) is 0 Å². The van der Waals surface area contributed by atoms with Gasteiger partial charge in [0.15, 0.2) is 0 Å². The predicted octanol–water partition coefficient (Wildman–Crippen LogP) is 3.23. The number of ether oxygens (including phenoxy) is 2. The van der Waals surface area contributed by atoms with Gasteiger partial charge in [0.2, 0.25) is 0 Å². The van der Waals surface area contributed by atoms with E-state index in [0.29, 0.717) is 6.61 Å². The number of hydrogen-bond acceptors (Lipinski definition) is 3. The van der Waals surface area contributed by atoms with Crippen molar-refractivity contribution in [3.8, 4) is 5.75 Å². The summed E-state index contributed by atoms with van der Waals surface area (Å²) in [4.78, 5) is 0. The molecule has 0 aliphatic carbocycles. The van der Waals surface area contributed by atoms with Gasteiger partial charge in [-0.05, 0) is 18.0 Å². The van der Waals surface area contributed by atoms with Crippen molar-refractivity contribution < 1.29 is 9.47 Å². The second-order valence-electron chi connectivity index (χ2n) is 4.65. The molecule has 2 aromatic rings. The van der Waals surface area contributed by atoms with E-state index in [4.69, 9.17) is 9.47 Å². The first-order valence-electron chi connectivity index (χ1n) is 7.31. The molecule has 0 fully saturated rings. The molecule has 0 unspecified atom stereocenters. The molecular weight excluding hydrogens is 250 g/mol. The van der Waals surface area contributed by atoms with Crippen LogP contribution in [0.25, 0.3) is 10.8 Å². The topological polar surface area (TPSA) is 30.5 Å². The molecule has 0 aliphatic rings. The molecule has 3 heteroatoms. The van der Waals surface area contributed by atoms with E-state index >= 15 is 0 Å². The van der Waals surface area contributed by atoms with Crippen molar-refractivity contribution in [2.75, 3.05) is 32.9 Å². The largest absolute Gasteiger partial charge is 0.493 e. The van der Waals surface area contributed by atoms with Crippen LogP contribution in [0.2, 0.25) is 0 Å². The fourth-order valence-corrected chi connectivity index (χ4v) is 2.09. The Labute approximate surface area is 120 Å². The Hall–Kier alpha value is -1.58. The van der Waals surface area contributed by atoms with Crippen LogP contribution >= 0.6 is 0 Å². The first-order valence-corrected chi connectivity index (χ1v) is 7.31. The number of hydrogen-bond donors (Lipinski definition) is 1. The SMILES string of the molecule is CCNCCOCCCOc1cccc2ccccc12. The lowest BCUT2D eigenvalue weighted by Crippen LogP contribution is -2.19. The van der Waals surface area contributed by atoms with E-state index in [9.17, 15) is 0 Å². The van der Waals surface area contributed by atoms with Crippen molar-refractivity contribution in [3.63, 3.8) is 0 Å². The quantitative estimate of drug-likeness (QED) is 0.712. The summed E-state index contributed by atoms with van der Waals surface area (Å²) in [6.07, 6.45) is 0.912. The van der Waals surface area contributed by atoms with Crippen LogP contribution in [0.5, 0.6) is 5.75 Å². The number of benzene rings is 2. The Morgan fingerprint density at radius 2 is 1.80 bits per heavy atom. The van der Waals surface area contributed by atoms with Gasteiger partial charge < -0.3 is 14.8 Å². The molecule has 3 nitrogen and oxygen atoms in total. The number of rotatable bonds is 9. The van der Waals surface area contributed by atoms with Crippen LogP contribution in [-0.2, 0) is 4.74 Å². The first kappa shape index (κ1) is 14.8. The Balaban J connectivity index is 1.71. The summed E-state index contributed by atoms with van der Waals surface area (Å²) in [6.45, 7) is 6.21. The van der Waals surface area contributed by atoms with Crippen molar-refractivity contribution in [1.82, 2.24) is 5.32 Å². The highest BCUT2D eigenvalue weighted by Crippen LogP contribution is 2.25. The molecule has 2 aromatic carbocycles. The third-order valence-electron chi connectivity index (χ3n) is 3.11. The molecule has 2 rings (SSSR count). The maximum absolute atomic E-state index is 5.85. The van der Waals surface area contributed by atoms with E-state index in [0.717, 1.165) is 38.5 Å². The van der Waals surface area contributed by atoms with Gasteiger partial charge in [-0.1, -0.05) is 43.3 Å². The second-order valence-corrected chi connectivity index (χ2v) is 4.65. The summed E-state index contributed by atoms with van der Waals surface area (Å²) in [5, 5.41) is 5.61. The number of fused-ring (bicyclic) bond motifs is 1. The molecule has 0 radical (unpaired) electrons. The maximum atomic E-state index is 5.85. The average Bonchev–Trinajstić information content (AvgIpc) is 2.50. The van der Waals surface area contributed by atoms with Gasteiger partial charge in [0, 0.05) is 25.0 Å². The summed E-state index contributed by atoms with van der Waals surface area (Å²) < 4.78 is 11.4. The standard InChI is InChI=1S/C17H23NO2/c1-2-18-11-14-19-12-6-13-20-17-10-5-8-15-7-3-4-9-16(15)17/h3-5,7-10,18H,2,6,11-14H2,1H3. The Kier molecular flexibility index (Phi) is 6.35. The van der Waals surface area contributed by atoms with Gasteiger partial charge in [0.05, 0.1) is 13.2 Å². The summed E-state index contributed by atoms with van der Waals surface area (Å²) in [6, 6.07) is 14.4. The molecule has 0 aromatic heterocycles. The highest BCUT2D eigenvalue weighted by molar-refractivity contribution is 5.88. The first-order chi connectivity index (χ1) is 9.92. The van der Waals surface area contributed by atoms with Crippen molar-refractivity contribution in [1.29, 1.82) is 0 Å². The number of nitrogens with one attached hydrogen (secondary N) is 1. The van der Waals surface area contributed by atoms with Crippen LogP contribution in [0.15, 0.2) is 42.5 Å². The van der Waals surface area contributed by atoms with E-state index in [2.05, 4.69) is 30.4 Å². The molecule has 0 heterocycles. The molecule has 0 amide bonds. The van der Waals surface area contributed by atoms with Gasteiger partial charge in [-0.2, -0.15) is 0 Å². The fourth-order valence-electron chi connectivity index (χ4n) is 2.09. The molecule has 108 valence electrons. The molecule has 0 spiro atoms. The third kappa shape index (κ3) is 4.51. The van der Waals surface area contributed by atoms with E-state index < -0.39 is 0 Å². The summed E-state index contributed by atoms with van der Waals surface area (Å²) in [5.41, 5.74) is 0. The van der Waals surface area contributed by atoms with E-state index in [1.54, 1.807) is 0 Å². The molecule has 1 N–H and O–H groups in total. The molecule has 20 heavy (non-hydrogen) atoms.